The van der Waals surface area contributed by atoms with E-state index < -0.39 is 10.0 Å². The van der Waals surface area contributed by atoms with E-state index in [1.165, 1.54) is 6.20 Å². The lowest BCUT2D eigenvalue weighted by Crippen LogP contribution is -2.09. The second-order valence-electron chi connectivity index (χ2n) is 2.79. The number of aromatic nitrogens is 1. The van der Waals surface area contributed by atoms with Crippen molar-refractivity contribution in [1.82, 2.24) is 4.98 Å². The third-order valence-corrected chi connectivity index (χ3v) is 4.23. The largest absolute Gasteiger partial charge is 0.299 e. The smallest absolute Gasteiger partial charge is 0.249 e. The molecule has 0 aromatic carbocycles. The van der Waals surface area contributed by atoms with Crippen LogP contribution in [0.4, 0.5) is 0 Å². The Balaban J connectivity index is 2.34. The van der Waals surface area contributed by atoms with E-state index in [2.05, 4.69) is 4.98 Å². The average Bonchev–Trinajstić information content (AvgIpc) is 2.57. The van der Waals surface area contributed by atoms with Gasteiger partial charge in [0.1, 0.15) is 10.8 Å². The molecule has 0 saturated heterocycles. The molecule has 1 aliphatic rings. The van der Waals surface area contributed by atoms with E-state index in [1.54, 1.807) is 0 Å². The third-order valence-electron chi connectivity index (χ3n) is 1.71. The quantitative estimate of drug-likeness (QED) is 0.747. The summed E-state index contributed by atoms with van der Waals surface area (Å²) < 4.78 is 21.7. The monoisotopic (exact) mass is 218 g/mol. The van der Waals surface area contributed by atoms with Crippen LogP contribution in [0.25, 0.3) is 0 Å². The van der Waals surface area contributed by atoms with Crippen LogP contribution >= 0.6 is 11.3 Å². The molecule has 0 amide bonds. The van der Waals surface area contributed by atoms with Crippen LogP contribution in [0.3, 0.4) is 0 Å². The number of primary sulfonamides is 1. The van der Waals surface area contributed by atoms with Crippen molar-refractivity contribution in [3.05, 3.63) is 11.2 Å². The van der Waals surface area contributed by atoms with Crippen LogP contribution in [-0.2, 0) is 14.8 Å². The fraction of sp³-hybridized carbons (Fsp3) is 0.333. The Bertz CT molecular complexity index is 462. The van der Waals surface area contributed by atoms with Gasteiger partial charge in [0.05, 0.1) is 12.1 Å². The fourth-order valence-electron chi connectivity index (χ4n) is 0.932. The van der Waals surface area contributed by atoms with Gasteiger partial charge in [0.2, 0.25) is 10.0 Å². The first-order chi connectivity index (χ1) is 5.98. The number of sulfonamides is 1. The van der Waals surface area contributed by atoms with Crippen molar-refractivity contribution in [2.75, 3.05) is 0 Å². The van der Waals surface area contributed by atoms with Crippen LogP contribution in [0, 0.1) is 0 Å². The first-order valence-corrected chi connectivity index (χ1v) is 5.86. The molecule has 1 atom stereocenters. The van der Waals surface area contributed by atoms with E-state index >= 15 is 0 Å². The van der Waals surface area contributed by atoms with Gasteiger partial charge in [0.15, 0.2) is 4.21 Å². The summed E-state index contributed by atoms with van der Waals surface area (Å²) in [6, 6.07) is 0. The van der Waals surface area contributed by atoms with Gasteiger partial charge in [-0.05, 0) is 0 Å². The highest BCUT2D eigenvalue weighted by Gasteiger charge is 2.39. The Kier molecular flexibility index (Phi) is 1.76. The van der Waals surface area contributed by atoms with Gasteiger partial charge in [0.25, 0.3) is 0 Å². The first-order valence-electron chi connectivity index (χ1n) is 3.50. The van der Waals surface area contributed by atoms with Gasteiger partial charge in [-0.3, -0.25) is 4.79 Å². The molecule has 1 aromatic rings. The molecule has 0 aliphatic heterocycles. The molecule has 70 valence electrons. The molecule has 1 saturated carbocycles. The molecule has 2 N–H and O–H groups in total. The van der Waals surface area contributed by atoms with E-state index in [0.717, 1.165) is 11.3 Å². The normalized spacial score (nSPS) is 21.9. The van der Waals surface area contributed by atoms with Crippen LogP contribution in [0.1, 0.15) is 17.3 Å². The Morgan fingerprint density at radius 3 is 2.62 bits per heavy atom. The number of nitrogens with zero attached hydrogens (tertiary/aromatic N) is 1. The topological polar surface area (TPSA) is 90.1 Å². The standard InChI is InChI=1S/C6H6N2O3S2/c7-13(10,11)5-2-8-6(12-5)3-1-4(3)9/h2-3H,1H2,(H2,7,10,11). The number of nitrogens with two attached hydrogens (primary N) is 1. The molecule has 13 heavy (non-hydrogen) atoms. The molecular formula is C6H6N2O3S2. The SMILES string of the molecule is NS(=O)(=O)c1cnc(C2CC2=O)s1. The summed E-state index contributed by atoms with van der Waals surface area (Å²) in [6.07, 6.45) is 1.67. The van der Waals surface area contributed by atoms with E-state index in [9.17, 15) is 13.2 Å². The molecule has 0 radical (unpaired) electrons. The van der Waals surface area contributed by atoms with Crippen molar-refractivity contribution in [3.63, 3.8) is 0 Å². The van der Waals surface area contributed by atoms with Crippen molar-refractivity contribution < 1.29 is 13.2 Å². The lowest BCUT2D eigenvalue weighted by Gasteiger charge is -1.87. The number of rotatable bonds is 2. The maximum absolute atomic E-state index is 10.8. The maximum Gasteiger partial charge on any atom is 0.249 e. The number of hydrogen-bond donors (Lipinski definition) is 1. The maximum atomic E-state index is 10.8. The molecule has 0 bridgehead atoms. The number of carbonyl (C=O) groups excluding carboxylic acids is 1. The lowest BCUT2D eigenvalue weighted by molar-refractivity contribution is -0.110. The van der Waals surface area contributed by atoms with Crippen molar-refractivity contribution in [3.8, 4) is 0 Å². The third kappa shape index (κ3) is 1.62. The van der Waals surface area contributed by atoms with Crippen LogP contribution in [0.2, 0.25) is 0 Å². The minimum atomic E-state index is -3.66. The number of hydrogen-bond acceptors (Lipinski definition) is 5. The summed E-state index contributed by atoms with van der Waals surface area (Å²) in [7, 11) is -3.66. The molecule has 1 fully saturated rings. The first kappa shape index (κ1) is 8.79. The van der Waals surface area contributed by atoms with Gasteiger partial charge in [-0.1, -0.05) is 0 Å². The highest BCUT2D eigenvalue weighted by atomic mass is 32.2. The van der Waals surface area contributed by atoms with Crippen LogP contribution in [0.5, 0.6) is 0 Å². The Morgan fingerprint density at radius 2 is 2.23 bits per heavy atom. The average molecular weight is 218 g/mol. The van der Waals surface area contributed by atoms with Gasteiger partial charge < -0.3 is 0 Å². The van der Waals surface area contributed by atoms with Gasteiger partial charge in [-0.15, -0.1) is 11.3 Å². The van der Waals surface area contributed by atoms with Crippen LogP contribution in [0.15, 0.2) is 10.4 Å². The van der Waals surface area contributed by atoms with Crippen molar-refractivity contribution in [1.29, 1.82) is 0 Å². The van der Waals surface area contributed by atoms with Gasteiger partial charge in [0, 0.05) is 6.42 Å². The zero-order chi connectivity index (χ0) is 9.64. The summed E-state index contributed by atoms with van der Waals surface area (Å²) in [6.45, 7) is 0. The molecule has 1 aromatic heterocycles. The summed E-state index contributed by atoms with van der Waals surface area (Å²) in [5, 5.41) is 5.43. The zero-order valence-electron chi connectivity index (χ0n) is 6.43. The Morgan fingerprint density at radius 1 is 1.62 bits per heavy atom. The number of carbonyl (C=O) groups is 1. The summed E-state index contributed by atoms with van der Waals surface area (Å²) in [5.74, 6) is -0.0733. The van der Waals surface area contributed by atoms with E-state index in [0.29, 0.717) is 11.4 Å². The summed E-state index contributed by atoms with van der Waals surface area (Å²) in [4.78, 5) is 14.6. The predicted octanol–water partition coefficient (Wildman–Crippen LogP) is -0.153. The highest BCUT2D eigenvalue weighted by Crippen LogP contribution is 2.38. The molecule has 1 unspecified atom stereocenters. The zero-order valence-corrected chi connectivity index (χ0v) is 8.06. The molecule has 7 heteroatoms. The van der Waals surface area contributed by atoms with Gasteiger partial charge in [-0.2, -0.15) is 0 Å². The Labute approximate surface area is 78.6 Å². The molecule has 1 aliphatic carbocycles. The fourth-order valence-corrected chi connectivity index (χ4v) is 2.63. The minimum Gasteiger partial charge on any atom is -0.299 e. The van der Waals surface area contributed by atoms with E-state index in [-0.39, 0.29) is 15.9 Å². The second kappa shape index (κ2) is 2.60. The molecular weight excluding hydrogens is 212 g/mol. The van der Waals surface area contributed by atoms with Crippen molar-refractivity contribution >= 4 is 27.1 Å². The second-order valence-corrected chi connectivity index (χ2v) is 5.64. The summed E-state index contributed by atoms with van der Waals surface area (Å²) in [5.41, 5.74) is 0. The molecule has 0 spiro atoms. The molecule has 2 rings (SSSR count). The number of thiazole rings is 1. The summed E-state index contributed by atoms with van der Waals surface area (Å²) >= 11 is 0.969. The highest BCUT2D eigenvalue weighted by molar-refractivity contribution is 7.91. The number of Topliss-reactive ketones (excluding diaryl/α,β-unsaturated/α-hetero) is 1. The van der Waals surface area contributed by atoms with Crippen LogP contribution < -0.4 is 5.14 Å². The Hall–Kier alpha value is -0.790. The molecule has 5 nitrogen and oxygen atoms in total. The van der Waals surface area contributed by atoms with Gasteiger partial charge in [-0.25, -0.2) is 18.5 Å². The van der Waals surface area contributed by atoms with Crippen molar-refractivity contribution in [2.45, 2.75) is 16.5 Å². The number of ketones is 1. The predicted molar refractivity (Wildman–Crippen MR) is 45.9 cm³/mol. The van der Waals surface area contributed by atoms with E-state index in [4.69, 9.17) is 5.14 Å². The van der Waals surface area contributed by atoms with Crippen LogP contribution in [-0.4, -0.2) is 19.2 Å². The molecule has 1 heterocycles. The lowest BCUT2D eigenvalue weighted by atomic mass is 10.5. The van der Waals surface area contributed by atoms with Gasteiger partial charge >= 0.3 is 0 Å². The minimum absolute atomic E-state index is 0.0159. The van der Waals surface area contributed by atoms with Crippen molar-refractivity contribution in [2.24, 2.45) is 5.14 Å². The van der Waals surface area contributed by atoms with E-state index in [1.807, 2.05) is 0 Å².